The van der Waals surface area contributed by atoms with E-state index < -0.39 is 11.7 Å². The van der Waals surface area contributed by atoms with Crippen LogP contribution in [0, 0.1) is 0 Å². The molecule has 1 aliphatic rings. The van der Waals surface area contributed by atoms with Crippen molar-refractivity contribution in [3.05, 3.63) is 35.4 Å². The number of hydrogen-bond acceptors (Lipinski definition) is 2. The molecule has 2 N–H and O–H groups in total. The van der Waals surface area contributed by atoms with Gasteiger partial charge in [-0.3, -0.25) is 4.79 Å². The number of halogens is 4. The summed E-state index contributed by atoms with van der Waals surface area (Å²) in [5, 5.41) is 6.35. The standard InChI is InChI=1S/C17H23F3N2O.ClH/c1-11(13-3-5-14(6-4-13)17(18,19)20)9-16(23)22-15-7-8-21-12(2)10-15;/h3-6,11-12,15,21H,7-10H2,1-2H3,(H,22,23);1H. The highest BCUT2D eigenvalue weighted by atomic mass is 35.5. The first-order valence-electron chi connectivity index (χ1n) is 7.95. The highest BCUT2D eigenvalue weighted by Crippen LogP contribution is 2.30. The van der Waals surface area contributed by atoms with Gasteiger partial charge in [0.15, 0.2) is 0 Å². The third-order valence-corrected chi connectivity index (χ3v) is 4.29. The Balaban J connectivity index is 0.00000288. The van der Waals surface area contributed by atoms with Gasteiger partial charge in [-0.2, -0.15) is 13.2 Å². The number of carbonyl (C=O) groups is 1. The summed E-state index contributed by atoms with van der Waals surface area (Å²) in [7, 11) is 0. The molecule has 1 saturated heterocycles. The summed E-state index contributed by atoms with van der Waals surface area (Å²) < 4.78 is 37.7. The number of nitrogens with one attached hydrogen (secondary N) is 2. The van der Waals surface area contributed by atoms with Crippen molar-refractivity contribution in [3.63, 3.8) is 0 Å². The Morgan fingerprint density at radius 3 is 2.50 bits per heavy atom. The molecular formula is C17H24ClF3N2O. The van der Waals surface area contributed by atoms with Crippen molar-refractivity contribution in [2.75, 3.05) is 6.54 Å². The first kappa shape index (κ1) is 20.8. The Morgan fingerprint density at radius 2 is 1.96 bits per heavy atom. The molecule has 136 valence electrons. The second-order valence-electron chi connectivity index (χ2n) is 6.37. The maximum Gasteiger partial charge on any atom is 0.416 e. The molecule has 1 amide bonds. The molecule has 3 unspecified atom stereocenters. The average molecular weight is 365 g/mol. The quantitative estimate of drug-likeness (QED) is 0.851. The van der Waals surface area contributed by atoms with Crippen LogP contribution in [0.4, 0.5) is 13.2 Å². The van der Waals surface area contributed by atoms with Crippen LogP contribution in [-0.4, -0.2) is 24.5 Å². The molecule has 1 aromatic rings. The third-order valence-electron chi connectivity index (χ3n) is 4.29. The van der Waals surface area contributed by atoms with Crippen molar-refractivity contribution < 1.29 is 18.0 Å². The van der Waals surface area contributed by atoms with Gasteiger partial charge < -0.3 is 10.6 Å². The maximum absolute atomic E-state index is 12.6. The topological polar surface area (TPSA) is 41.1 Å². The summed E-state index contributed by atoms with van der Waals surface area (Å²) in [6.45, 7) is 4.83. The summed E-state index contributed by atoms with van der Waals surface area (Å²) >= 11 is 0. The number of hydrogen-bond donors (Lipinski definition) is 2. The average Bonchev–Trinajstić information content (AvgIpc) is 2.46. The lowest BCUT2D eigenvalue weighted by molar-refractivity contribution is -0.137. The zero-order valence-corrected chi connectivity index (χ0v) is 14.6. The maximum atomic E-state index is 12.6. The van der Waals surface area contributed by atoms with E-state index in [4.69, 9.17) is 0 Å². The van der Waals surface area contributed by atoms with E-state index in [1.54, 1.807) is 0 Å². The lowest BCUT2D eigenvalue weighted by Crippen LogP contribution is -2.46. The van der Waals surface area contributed by atoms with Crippen molar-refractivity contribution in [2.24, 2.45) is 0 Å². The highest BCUT2D eigenvalue weighted by molar-refractivity contribution is 5.85. The van der Waals surface area contributed by atoms with Crippen molar-refractivity contribution in [1.29, 1.82) is 0 Å². The van der Waals surface area contributed by atoms with Crippen LogP contribution in [0.2, 0.25) is 0 Å². The fourth-order valence-electron chi connectivity index (χ4n) is 2.95. The van der Waals surface area contributed by atoms with Gasteiger partial charge in [-0.05, 0) is 49.9 Å². The van der Waals surface area contributed by atoms with Gasteiger partial charge in [-0.25, -0.2) is 0 Å². The molecule has 1 aromatic carbocycles. The molecule has 3 nitrogen and oxygen atoms in total. The molecule has 7 heteroatoms. The van der Waals surface area contributed by atoms with Gasteiger partial charge in [0.2, 0.25) is 5.91 Å². The number of amides is 1. The van der Waals surface area contributed by atoms with Crippen LogP contribution in [0.1, 0.15) is 50.2 Å². The van der Waals surface area contributed by atoms with Gasteiger partial charge in [0, 0.05) is 18.5 Å². The van der Waals surface area contributed by atoms with Gasteiger partial charge in [-0.15, -0.1) is 12.4 Å². The van der Waals surface area contributed by atoms with Crippen molar-refractivity contribution in [1.82, 2.24) is 10.6 Å². The Bertz CT molecular complexity index is 534. The van der Waals surface area contributed by atoms with Gasteiger partial charge in [-0.1, -0.05) is 19.1 Å². The Labute approximate surface area is 146 Å². The van der Waals surface area contributed by atoms with Gasteiger partial charge >= 0.3 is 6.18 Å². The minimum atomic E-state index is -4.33. The predicted octanol–water partition coefficient (Wildman–Crippen LogP) is 3.88. The molecule has 0 radical (unpaired) electrons. The molecular weight excluding hydrogens is 341 g/mol. The lowest BCUT2D eigenvalue weighted by atomic mass is 9.95. The second kappa shape index (κ2) is 8.72. The monoisotopic (exact) mass is 364 g/mol. The minimum Gasteiger partial charge on any atom is -0.353 e. The normalized spacial score (nSPS) is 22.4. The molecule has 0 aliphatic carbocycles. The van der Waals surface area contributed by atoms with Crippen LogP contribution in [0.5, 0.6) is 0 Å². The lowest BCUT2D eigenvalue weighted by Gasteiger charge is -2.29. The van der Waals surface area contributed by atoms with Crippen molar-refractivity contribution in [3.8, 4) is 0 Å². The molecule has 0 saturated carbocycles. The Kier molecular flexibility index (Phi) is 7.55. The number of piperidine rings is 1. The first-order chi connectivity index (χ1) is 10.8. The SMILES string of the molecule is CC1CC(NC(=O)CC(C)c2ccc(C(F)(F)F)cc2)CCN1.Cl. The Hall–Kier alpha value is -1.27. The van der Waals surface area contributed by atoms with E-state index >= 15 is 0 Å². The van der Waals surface area contributed by atoms with E-state index in [-0.39, 0.29) is 36.7 Å². The van der Waals surface area contributed by atoms with Crippen LogP contribution in [-0.2, 0) is 11.0 Å². The highest BCUT2D eigenvalue weighted by Gasteiger charge is 2.30. The fraction of sp³-hybridized carbons (Fsp3) is 0.588. The summed E-state index contributed by atoms with van der Waals surface area (Å²) in [5.74, 6) is -0.159. The summed E-state index contributed by atoms with van der Waals surface area (Å²) in [5.41, 5.74) is 0.0772. The van der Waals surface area contributed by atoms with E-state index in [9.17, 15) is 18.0 Å². The summed E-state index contributed by atoms with van der Waals surface area (Å²) in [4.78, 5) is 12.1. The van der Waals surface area contributed by atoms with Crippen LogP contribution in [0.15, 0.2) is 24.3 Å². The number of carbonyl (C=O) groups excluding carboxylic acids is 1. The third kappa shape index (κ3) is 5.98. The molecule has 2 rings (SSSR count). The molecule has 0 aromatic heterocycles. The van der Waals surface area contributed by atoms with Crippen molar-refractivity contribution >= 4 is 18.3 Å². The zero-order valence-electron chi connectivity index (χ0n) is 13.8. The van der Waals surface area contributed by atoms with Crippen LogP contribution in [0.25, 0.3) is 0 Å². The molecule has 1 aliphatic heterocycles. The van der Waals surface area contributed by atoms with E-state index in [1.807, 2.05) is 6.92 Å². The zero-order chi connectivity index (χ0) is 17.0. The summed E-state index contributed by atoms with van der Waals surface area (Å²) in [6, 6.07) is 5.61. The molecule has 0 spiro atoms. The van der Waals surface area contributed by atoms with E-state index in [1.165, 1.54) is 12.1 Å². The molecule has 24 heavy (non-hydrogen) atoms. The van der Waals surface area contributed by atoms with Gasteiger partial charge in [0.05, 0.1) is 5.56 Å². The van der Waals surface area contributed by atoms with E-state index in [0.29, 0.717) is 6.04 Å². The van der Waals surface area contributed by atoms with Crippen molar-refractivity contribution in [2.45, 2.75) is 57.3 Å². The fourth-order valence-corrected chi connectivity index (χ4v) is 2.95. The van der Waals surface area contributed by atoms with E-state index in [0.717, 1.165) is 37.1 Å². The number of rotatable bonds is 4. The van der Waals surface area contributed by atoms with Crippen LogP contribution < -0.4 is 10.6 Å². The smallest absolute Gasteiger partial charge is 0.353 e. The first-order valence-corrected chi connectivity index (χ1v) is 7.95. The van der Waals surface area contributed by atoms with Gasteiger partial charge in [0.25, 0.3) is 0 Å². The van der Waals surface area contributed by atoms with Crippen LogP contribution in [0.3, 0.4) is 0 Å². The van der Waals surface area contributed by atoms with Crippen LogP contribution >= 0.6 is 12.4 Å². The largest absolute Gasteiger partial charge is 0.416 e. The van der Waals surface area contributed by atoms with E-state index in [2.05, 4.69) is 17.6 Å². The number of benzene rings is 1. The van der Waals surface area contributed by atoms with Gasteiger partial charge in [0.1, 0.15) is 0 Å². The summed E-state index contributed by atoms with van der Waals surface area (Å²) in [6.07, 6.45) is -2.24. The predicted molar refractivity (Wildman–Crippen MR) is 90.4 cm³/mol. The Morgan fingerprint density at radius 1 is 1.33 bits per heavy atom. The minimum absolute atomic E-state index is 0. The molecule has 1 fully saturated rings. The molecule has 0 bridgehead atoms. The molecule has 1 heterocycles. The second-order valence-corrected chi connectivity index (χ2v) is 6.37. The number of alkyl halides is 3. The molecule has 3 atom stereocenters.